The molecule has 0 spiro atoms. The van der Waals surface area contributed by atoms with Gasteiger partial charge in [0.25, 0.3) is 0 Å². The molecule has 94 valence electrons. The van der Waals surface area contributed by atoms with Gasteiger partial charge in [-0.2, -0.15) is 0 Å². The first-order valence-electron chi connectivity index (χ1n) is 6.30. The third-order valence-electron chi connectivity index (χ3n) is 3.37. The van der Waals surface area contributed by atoms with Crippen LogP contribution in [-0.4, -0.2) is 15.0 Å². The largest absolute Gasteiger partial charge is 0.256 e. The Morgan fingerprint density at radius 1 is 0.842 bits per heavy atom. The smallest absolute Gasteiger partial charge is 0.125 e. The summed E-state index contributed by atoms with van der Waals surface area (Å²) in [5.41, 5.74) is 5.53. The molecule has 19 heavy (non-hydrogen) atoms. The average molecular weight is 249 g/mol. The highest BCUT2D eigenvalue weighted by Crippen LogP contribution is 2.23. The molecule has 2 aromatic heterocycles. The molecule has 3 aromatic rings. The lowest BCUT2D eigenvalue weighted by Crippen LogP contribution is -1.91. The van der Waals surface area contributed by atoms with Gasteiger partial charge in [0.15, 0.2) is 0 Å². The molecule has 0 aliphatic rings. The molecule has 1 aromatic carbocycles. The topological polar surface area (TPSA) is 38.7 Å². The van der Waals surface area contributed by atoms with Crippen molar-refractivity contribution in [1.29, 1.82) is 0 Å². The number of nitrogens with zero attached hydrogens (tertiary/aromatic N) is 3. The SMILES string of the molecule is Cc1ncc2cc(-c3cc(C)c(C)cn3)ccc2n1. The van der Waals surface area contributed by atoms with E-state index in [2.05, 4.69) is 47.0 Å². The number of pyridine rings is 1. The van der Waals surface area contributed by atoms with Crippen molar-refractivity contribution in [3.8, 4) is 11.3 Å². The summed E-state index contributed by atoms with van der Waals surface area (Å²) < 4.78 is 0. The summed E-state index contributed by atoms with van der Waals surface area (Å²) in [6, 6.07) is 8.29. The fourth-order valence-electron chi connectivity index (χ4n) is 2.07. The number of aryl methyl sites for hydroxylation is 3. The van der Waals surface area contributed by atoms with Crippen LogP contribution in [0.15, 0.2) is 36.7 Å². The molecule has 3 heteroatoms. The molecule has 3 nitrogen and oxygen atoms in total. The standard InChI is InChI=1S/C16H15N3/c1-10-6-16(18-8-11(10)2)13-4-5-15-14(7-13)9-17-12(3)19-15/h4-9H,1-3H3. The molecular formula is C16H15N3. The van der Waals surface area contributed by atoms with E-state index in [0.717, 1.165) is 28.0 Å². The average Bonchev–Trinajstić information content (AvgIpc) is 2.41. The molecule has 2 heterocycles. The quantitative estimate of drug-likeness (QED) is 0.661. The minimum absolute atomic E-state index is 0.796. The van der Waals surface area contributed by atoms with Gasteiger partial charge in [-0.3, -0.25) is 4.98 Å². The molecule has 0 N–H and O–H groups in total. The molecule has 3 rings (SSSR count). The van der Waals surface area contributed by atoms with E-state index in [1.54, 1.807) is 0 Å². The number of hydrogen-bond acceptors (Lipinski definition) is 3. The first-order chi connectivity index (χ1) is 9.13. The van der Waals surface area contributed by atoms with Gasteiger partial charge in [-0.15, -0.1) is 0 Å². The van der Waals surface area contributed by atoms with Crippen molar-refractivity contribution < 1.29 is 0 Å². The lowest BCUT2D eigenvalue weighted by Gasteiger charge is -2.06. The molecule has 0 unspecified atom stereocenters. The van der Waals surface area contributed by atoms with Crippen molar-refractivity contribution >= 4 is 10.9 Å². The molecule has 0 atom stereocenters. The van der Waals surface area contributed by atoms with Crippen LogP contribution in [0.4, 0.5) is 0 Å². The predicted octanol–water partition coefficient (Wildman–Crippen LogP) is 3.62. The Kier molecular flexibility index (Phi) is 2.75. The minimum atomic E-state index is 0.796. The fourth-order valence-corrected chi connectivity index (χ4v) is 2.07. The van der Waals surface area contributed by atoms with Crippen LogP contribution in [0.3, 0.4) is 0 Å². The van der Waals surface area contributed by atoms with E-state index in [4.69, 9.17) is 0 Å². The Hall–Kier alpha value is -2.29. The van der Waals surface area contributed by atoms with Gasteiger partial charge in [-0.1, -0.05) is 6.07 Å². The second kappa shape index (κ2) is 4.43. The number of fused-ring (bicyclic) bond motifs is 1. The molecule has 0 aliphatic carbocycles. The van der Waals surface area contributed by atoms with Crippen LogP contribution in [0, 0.1) is 20.8 Å². The summed E-state index contributed by atoms with van der Waals surface area (Å²) in [6.07, 6.45) is 3.78. The molecule has 0 bridgehead atoms. The first kappa shape index (κ1) is 11.8. The van der Waals surface area contributed by atoms with Crippen molar-refractivity contribution in [2.45, 2.75) is 20.8 Å². The van der Waals surface area contributed by atoms with Crippen LogP contribution >= 0.6 is 0 Å². The number of aromatic nitrogens is 3. The van der Waals surface area contributed by atoms with Crippen LogP contribution < -0.4 is 0 Å². The van der Waals surface area contributed by atoms with Crippen LogP contribution in [0.2, 0.25) is 0 Å². The van der Waals surface area contributed by atoms with E-state index in [9.17, 15) is 0 Å². The summed E-state index contributed by atoms with van der Waals surface area (Å²) in [4.78, 5) is 13.1. The van der Waals surface area contributed by atoms with Crippen LogP contribution in [-0.2, 0) is 0 Å². The van der Waals surface area contributed by atoms with Crippen molar-refractivity contribution in [3.05, 3.63) is 53.6 Å². The van der Waals surface area contributed by atoms with Gasteiger partial charge >= 0.3 is 0 Å². The van der Waals surface area contributed by atoms with E-state index < -0.39 is 0 Å². The lowest BCUT2D eigenvalue weighted by atomic mass is 10.1. The maximum atomic E-state index is 4.49. The third-order valence-corrected chi connectivity index (χ3v) is 3.37. The van der Waals surface area contributed by atoms with Crippen molar-refractivity contribution in [3.63, 3.8) is 0 Å². The number of rotatable bonds is 1. The Morgan fingerprint density at radius 3 is 2.47 bits per heavy atom. The summed E-state index contributed by atoms with van der Waals surface area (Å²) in [5, 5.41) is 1.04. The second-order valence-corrected chi connectivity index (χ2v) is 4.84. The van der Waals surface area contributed by atoms with Crippen LogP contribution in [0.1, 0.15) is 17.0 Å². The van der Waals surface area contributed by atoms with Gasteiger partial charge in [-0.25, -0.2) is 9.97 Å². The maximum absolute atomic E-state index is 4.49. The van der Waals surface area contributed by atoms with Gasteiger partial charge in [0.2, 0.25) is 0 Å². The highest BCUT2D eigenvalue weighted by molar-refractivity contribution is 5.83. The monoisotopic (exact) mass is 249 g/mol. The normalized spacial score (nSPS) is 10.9. The van der Waals surface area contributed by atoms with Crippen molar-refractivity contribution in [2.24, 2.45) is 0 Å². The van der Waals surface area contributed by atoms with E-state index in [1.807, 2.05) is 25.4 Å². The van der Waals surface area contributed by atoms with Gasteiger partial charge in [0.1, 0.15) is 5.82 Å². The Morgan fingerprint density at radius 2 is 1.68 bits per heavy atom. The highest BCUT2D eigenvalue weighted by atomic mass is 14.9. The molecular weight excluding hydrogens is 234 g/mol. The summed E-state index contributed by atoms with van der Waals surface area (Å²) >= 11 is 0. The number of hydrogen-bond donors (Lipinski definition) is 0. The molecule has 0 saturated heterocycles. The van der Waals surface area contributed by atoms with Gasteiger partial charge in [0, 0.05) is 23.3 Å². The van der Waals surface area contributed by atoms with Crippen LogP contribution in [0.25, 0.3) is 22.2 Å². The zero-order valence-electron chi connectivity index (χ0n) is 11.3. The van der Waals surface area contributed by atoms with Crippen LogP contribution in [0.5, 0.6) is 0 Å². The molecule has 0 radical (unpaired) electrons. The zero-order valence-corrected chi connectivity index (χ0v) is 11.3. The van der Waals surface area contributed by atoms with E-state index >= 15 is 0 Å². The summed E-state index contributed by atoms with van der Waals surface area (Å²) in [7, 11) is 0. The maximum Gasteiger partial charge on any atom is 0.125 e. The van der Waals surface area contributed by atoms with Gasteiger partial charge in [0.05, 0.1) is 11.2 Å². The Bertz CT molecular complexity index is 763. The fraction of sp³-hybridized carbons (Fsp3) is 0.188. The second-order valence-electron chi connectivity index (χ2n) is 4.84. The van der Waals surface area contributed by atoms with E-state index in [1.165, 1.54) is 11.1 Å². The number of benzene rings is 1. The first-order valence-corrected chi connectivity index (χ1v) is 6.30. The van der Waals surface area contributed by atoms with Crippen molar-refractivity contribution in [1.82, 2.24) is 15.0 Å². The third kappa shape index (κ3) is 2.19. The zero-order chi connectivity index (χ0) is 13.4. The van der Waals surface area contributed by atoms with Crippen molar-refractivity contribution in [2.75, 3.05) is 0 Å². The Balaban J connectivity index is 2.14. The van der Waals surface area contributed by atoms with Gasteiger partial charge in [-0.05, 0) is 50.1 Å². The lowest BCUT2D eigenvalue weighted by molar-refractivity contribution is 1.09. The highest BCUT2D eigenvalue weighted by Gasteiger charge is 2.04. The van der Waals surface area contributed by atoms with E-state index in [0.29, 0.717) is 0 Å². The summed E-state index contributed by atoms with van der Waals surface area (Å²) in [5.74, 6) is 0.796. The predicted molar refractivity (Wildman–Crippen MR) is 77.0 cm³/mol. The van der Waals surface area contributed by atoms with E-state index in [-0.39, 0.29) is 0 Å². The molecule has 0 fully saturated rings. The molecule has 0 aliphatic heterocycles. The van der Waals surface area contributed by atoms with Gasteiger partial charge < -0.3 is 0 Å². The molecule has 0 saturated carbocycles. The minimum Gasteiger partial charge on any atom is -0.256 e. The summed E-state index contributed by atoms with van der Waals surface area (Å²) in [6.45, 7) is 6.08. The Labute approximate surface area is 112 Å². The molecule has 0 amide bonds.